The van der Waals surface area contributed by atoms with Crippen LogP contribution in [0.2, 0.25) is 18.1 Å². The van der Waals surface area contributed by atoms with E-state index in [0.29, 0.717) is 23.7 Å². The number of methoxy groups -OCH3 is 1. The number of carbonyl (C=O) groups is 1. The first-order valence-corrected chi connectivity index (χ1v) is 11.1. The van der Waals surface area contributed by atoms with Gasteiger partial charge < -0.3 is 13.9 Å². The van der Waals surface area contributed by atoms with Gasteiger partial charge in [-0.05, 0) is 48.7 Å². The van der Waals surface area contributed by atoms with Crippen molar-refractivity contribution in [2.75, 3.05) is 13.7 Å². The largest absolute Gasteiger partial charge is 0.497 e. The zero-order chi connectivity index (χ0) is 18.4. The van der Waals surface area contributed by atoms with E-state index in [1.54, 1.807) is 13.2 Å². The molecule has 0 atom stereocenters. The predicted molar refractivity (Wildman–Crippen MR) is 101 cm³/mol. The van der Waals surface area contributed by atoms with Crippen molar-refractivity contribution in [2.45, 2.75) is 51.7 Å². The van der Waals surface area contributed by atoms with Crippen LogP contribution in [0.5, 0.6) is 11.5 Å². The molecule has 0 radical (unpaired) electrons. The predicted octanol–water partition coefficient (Wildman–Crippen LogP) is 4.98. The second-order valence-corrected chi connectivity index (χ2v) is 12.1. The average Bonchev–Trinajstić information content (AvgIpc) is 2.51. The van der Waals surface area contributed by atoms with Gasteiger partial charge >= 0.3 is 0 Å². The summed E-state index contributed by atoms with van der Waals surface area (Å²) in [5.74, 6) is 1.20. The number of hydrogen-bond acceptors (Lipinski definition) is 4. The van der Waals surface area contributed by atoms with E-state index < -0.39 is 8.32 Å². The fourth-order valence-electron chi connectivity index (χ4n) is 2.11. The summed E-state index contributed by atoms with van der Waals surface area (Å²) in [5.41, 5.74) is 1.39. The molecule has 0 amide bonds. The van der Waals surface area contributed by atoms with Crippen molar-refractivity contribution < 1.29 is 18.7 Å². The lowest BCUT2D eigenvalue weighted by Crippen LogP contribution is -2.41. The molecule has 1 rings (SSSR count). The van der Waals surface area contributed by atoms with E-state index in [0.717, 1.165) is 24.7 Å². The molecule has 0 aliphatic heterocycles. The summed E-state index contributed by atoms with van der Waals surface area (Å²) in [6, 6.07) is 3.57. The van der Waals surface area contributed by atoms with Gasteiger partial charge in [-0.25, -0.2) is 0 Å². The van der Waals surface area contributed by atoms with Gasteiger partial charge in [0.15, 0.2) is 14.6 Å². The quantitative estimate of drug-likeness (QED) is 0.272. The maximum absolute atomic E-state index is 11.3. The summed E-state index contributed by atoms with van der Waals surface area (Å²) in [5, 5.41) is 0.199. The van der Waals surface area contributed by atoms with E-state index in [1.165, 1.54) is 6.26 Å². The van der Waals surface area contributed by atoms with Crippen molar-refractivity contribution in [3.05, 3.63) is 36.1 Å². The molecular formula is C19H30O4Si. The minimum atomic E-state index is -1.74. The molecule has 134 valence electrons. The summed E-state index contributed by atoms with van der Waals surface area (Å²) in [6.07, 6.45) is 3.71. The van der Waals surface area contributed by atoms with Crippen LogP contribution in [0.25, 0.3) is 0 Å². The maximum atomic E-state index is 11.3. The maximum Gasteiger partial charge on any atom is 0.191 e. The number of carbonyl (C=O) groups excluding carboxylic acids is 1. The molecule has 0 unspecified atom stereocenters. The first-order chi connectivity index (χ1) is 11.2. The summed E-state index contributed by atoms with van der Waals surface area (Å²) < 4.78 is 16.9. The molecule has 0 heterocycles. The van der Waals surface area contributed by atoms with Crippen LogP contribution >= 0.6 is 0 Å². The highest BCUT2D eigenvalue weighted by molar-refractivity contribution is 6.74. The first-order valence-electron chi connectivity index (χ1n) is 8.24. The monoisotopic (exact) mass is 350 g/mol. The zero-order valence-corrected chi connectivity index (χ0v) is 16.8. The van der Waals surface area contributed by atoms with Gasteiger partial charge in [0, 0.05) is 6.61 Å². The van der Waals surface area contributed by atoms with Gasteiger partial charge in [-0.3, -0.25) is 4.79 Å². The minimum Gasteiger partial charge on any atom is -0.497 e. The number of hydrogen-bond donors (Lipinski definition) is 0. The summed E-state index contributed by atoms with van der Waals surface area (Å²) in [4.78, 5) is 11.3. The van der Waals surface area contributed by atoms with Gasteiger partial charge in [0.25, 0.3) is 0 Å². The number of aldehydes is 1. The third-order valence-corrected chi connectivity index (χ3v) is 9.13. The fraction of sp³-hybridized carbons (Fsp3) is 0.526. The molecule has 0 fully saturated rings. The molecule has 0 N–H and O–H groups in total. The smallest absolute Gasteiger partial charge is 0.191 e. The molecule has 0 saturated carbocycles. The van der Waals surface area contributed by atoms with Gasteiger partial charge in [0.1, 0.15) is 11.5 Å². The minimum absolute atomic E-state index is 0.199. The third-order valence-electron chi connectivity index (χ3n) is 4.59. The van der Waals surface area contributed by atoms with E-state index in [1.807, 2.05) is 6.07 Å². The molecule has 0 spiro atoms. The van der Waals surface area contributed by atoms with Crippen LogP contribution in [0, 0.1) is 0 Å². The fourth-order valence-corrected chi connectivity index (χ4v) is 3.20. The summed E-state index contributed by atoms with van der Waals surface area (Å²) in [7, 11) is -0.150. The molecule has 24 heavy (non-hydrogen) atoms. The lowest BCUT2D eigenvalue weighted by molar-refractivity contribution is 0.112. The van der Waals surface area contributed by atoms with Crippen LogP contribution in [0.3, 0.4) is 0 Å². The van der Waals surface area contributed by atoms with Crippen molar-refractivity contribution in [1.29, 1.82) is 0 Å². The van der Waals surface area contributed by atoms with Crippen LogP contribution in [0.1, 0.15) is 43.1 Å². The molecule has 0 saturated heterocycles. The van der Waals surface area contributed by atoms with Crippen molar-refractivity contribution in [1.82, 2.24) is 0 Å². The molecule has 5 heteroatoms. The highest BCUT2D eigenvalue weighted by atomic mass is 28.4. The van der Waals surface area contributed by atoms with Crippen molar-refractivity contribution >= 4 is 14.6 Å². The van der Waals surface area contributed by atoms with Gasteiger partial charge in [-0.1, -0.05) is 27.4 Å². The number of aryl methyl sites for hydroxylation is 1. The van der Waals surface area contributed by atoms with E-state index >= 15 is 0 Å². The van der Waals surface area contributed by atoms with E-state index in [2.05, 4.69) is 40.4 Å². The normalized spacial score (nSPS) is 11.9. The third kappa shape index (κ3) is 5.21. The number of benzene rings is 1. The van der Waals surface area contributed by atoms with Gasteiger partial charge in [0.2, 0.25) is 0 Å². The zero-order valence-electron chi connectivity index (χ0n) is 15.8. The first kappa shape index (κ1) is 20.5. The Labute approximate surface area is 146 Å². The van der Waals surface area contributed by atoms with Crippen LogP contribution in [-0.4, -0.2) is 28.3 Å². The topological polar surface area (TPSA) is 44.8 Å². The molecule has 4 nitrogen and oxygen atoms in total. The molecular weight excluding hydrogens is 320 g/mol. The Morgan fingerprint density at radius 3 is 2.42 bits per heavy atom. The second-order valence-electron chi connectivity index (χ2n) is 7.32. The van der Waals surface area contributed by atoms with Crippen LogP contribution in [-0.2, 0) is 10.8 Å². The lowest BCUT2D eigenvalue weighted by atomic mass is 10.0. The molecule has 0 aromatic heterocycles. The Kier molecular flexibility index (Phi) is 7.23. The van der Waals surface area contributed by atoms with Gasteiger partial charge in [0.05, 0.1) is 18.9 Å². The van der Waals surface area contributed by atoms with Crippen molar-refractivity contribution in [3.63, 3.8) is 0 Å². The Morgan fingerprint density at radius 2 is 1.92 bits per heavy atom. The van der Waals surface area contributed by atoms with E-state index in [9.17, 15) is 4.79 Å². The van der Waals surface area contributed by atoms with Gasteiger partial charge in [-0.15, -0.1) is 0 Å². The molecule has 1 aromatic carbocycles. The van der Waals surface area contributed by atoms with E-state index in [4.69, 9.17) is 13.9 Å². The van der Waals surface area contributed by atoms with Gasteiger partial charge in [-0.2, -0.15) is 0 Å². The Hall–Kier alpha value is -1.59. The molecule has 0 bridgehead atoms. The van der Waals surface area contributed by atoms with Crippen molar-refractivity contribution in [3.8, 4) is 11.5 Å². The van der Waals surface area contributed by atoms with Crippen LogP contribution in [0.4, 0.5) is 0 Å². The molecule has 1 aromatic rings. The van der Waals surface area contributed by atoms with Crippen LogP contribution in [0.15, 0.2) is 25.0 Å². The Bertz CT molecular complexity index is 573. The van der Waals surface area contributed by atoms with E-state index in [-0.39, 0.29) is 5.04 Å². The molecule has 0 aliphatic rings. The highest BCUT2D eigenvalue weighted by Crippen LogP contribution is 2.36. The second kappa shape index (κ2) is 8.49. The van der Waals surface area contributed by atoms with Crippen molar-refractivity contribution in [2.24, 2.45) is 0 Å². The Balaban J connectivity index is 2.83. The number of rotatable bonds is 9. The standard InChI is InChI=1S/C19H30O4Si/c1-8-22-18-15(12-17(21-5)13-16(18)14-20)10-9-11-23-24(6,7)19(2,3)4/h8,12-14H,1,9-11H2,2-7H3. The summed E-state index contributed by atoms with van der Waals surface area (Å²) >= 11 is 0. The SMILES string of the molecule is C=COc1c(C=O)cc(OC)cc1CCCO[Si](C)(C)C(C)(C)C. The highest BCUT2D eigenvalue weighted by Gasteiger charge is 2.36. The molecule has 0 aliphatic carbocycles. The lowest BCUT2D eigenvalue weighted by Gasteiger charge is -2.36. The number of ether oxygens (including phenoxy) is 2. The Morgan fingerprint density at radius 1 is 1.25 bits per heavy atom. The van der Waals surface area contributed by atoms with Crippen LogP contribution < -0.4 is 9.47 Å². The summed E-state index contributed by atoms with van der Waals surface area (Å²) in [6.45, 7) is 15.5. The average molecular weight is 351 g/mol.